The third kappa shape index (κ3) is 5.59. The van der Waals surface area contributed by atoms with Crippen molar-refractivity contribution in [3.8, 4) is 0 Å². The molecule has 0 aromatic heterocycles. The topological polar surface area (TPSA) is 286 Å². The molecule has 0 aromatic carbocycles. The van der Waals surface area contributed by atoms with Gasteiger partial charge in [-0.25, -0.2) is 4.79 Å². The van der Waals surface area contributed by atoms with E-state index in [1.807, 2.05) is 0 Å². The molecule has 0 aliphatic carbocycles. The summed E-state index contributed by atoms with van der Waals surface area (Å²) < 4.78 is 26.1. The molecule has 0 spiro atoms. The van der Waals surface area contributed by atoms with E-state index in [4.69, 9.17) is 23.7 Å². The SMILES string of the molecule is O=C(O)[C@H]1O[C@@H](O)[C@H](O)[C@@H](O[C@@H]2O[C@H](CO)[C@H](O)[C@H](O)[C@H]2O)[C@@H]1O[C@@H]1O[C@H](CO)[C@@H](O)[C@H](O)[C@H]1O. The minimum absolute atomic E-state index is 0.827. The summed E-state index contributed by atoms with van der Waals surface area (Å²) >= 11 is 0. The minimum Gasteiger partial charge on any atom is -0.479 e. The molecule has 17 nitrogen and oxygen atoms in total. The molecule has 11 N–H and O–H groups in total. The van der Waals surface area contributed by atoms with Crippen LogP contribution >= 0.6 is 0 Å². The largest absolute Gasteiger partial charge is 0.479 e. The van der Waals surface area contributed by atoms with Gasteiger partial charge >= 0.3 is 5.97 Å². The Kier molecular flexibility index (Phi) is 9.35. The maximum absolute atomic E-state index is 11.8. The van der Waals surface area contributed by atoms with Crippen molar-refractivity contribution in [3.05, 3.63) is 0 Å². The van der Waals surface area contributed by atoms with E-state index in [0.717, 1.165) is 0 Å². The van der Waals surface area contributed by atoms with Crippen LogP contribution < -0.4 is 0 Å². The highest BCUT2D eigenvalue weighted by Gasteiger charge is 2.55. The number of hydrogen-bond donors (Lipinski definition) is 11. The van der Waals surface area contributed by atoms with E-state index >= 15 is 0 Å². The Balaban J connectivity index is 1.88. The monoisotopic (exact) mass is 518 g/mol. The van der Waals surface area contributed by atoms with E-state index in [9.17, 15) is 61.0 Å². The highest BCUT2D eigenvalue weighted by molar-refractivity contribution is 5.73. The van der Waals surface area contributed by atoms with Crippen molar-refractivity contribution in [1.82, 2.24) is 0 Å². The molecule has 3 saturated heterocycles. The van der Waals surface area contributed by atoms with E-state index in [-0.39, 0.29) is 0 Å². The Morgan fingerprint density at radius 3 is 1.43 bits per heavy atom. The zero-order valence-corrected chi connectivity index (χ0v) is 17.9. The van der Waals surface area contributed by atoms with Gasteiger partial charge in [-0.05, 0) is 0 Å². The fraction of sp³-hybridized carbons (Fsp3) is 0.944. The number of aliphatic hydroxyl groups excluding tert-OH is 10. The third-order valence-corrected chi connectivity index (χ3v) is 6.06. The van der Waals surface area contributed by atoms with Gasteiger partial charge in [-0.3, -0.25) is 0 Å². The lowest BCUT2D eigenvalue weighted by Crippen LogP contribution is -2.67. The van der Waals surface area contributed by atoms with Gasteiger partial charge in [-0.15, -0.1) is 0 Å². The summed E-state index contributed by atoms with van der Waals surface area (Å²) in [6.07, 6.45) is -28.2. The molecule has 0 radical (unpaired) electrons. The highest BCUT2D eigenvalue weighted by atomic mass is 16.8. The number of hydrogen-bond acceptors (Lipinski definition) is 16. The molecule has 35 heavy (non-hydrogen) atoms. The minimum atomic E-state index is -2.17. The van der Waals surface area contributed by atoms with Crippen molar-refractivity contribution in [2.75, 3.05) is 13.2 Å². The van der Waals surface area contributed by atoms with Crippen molar-refractivity contribution in [3.63, 3.8) is 0 Å². The Labute approximate surface area is 196 Å². The molecule has 204 valence electrons. The van der Waals surface area contributed by atoms with Gasteiger partial charge in [-0.1, -0.05) is 0 Å². The van der Waals surface area contributed by atoms with Crippen molar-refractivity contribution in [2.24, 2.45) is 0 Å². The maximum atomic E-state index is 11.8. The second-order valence-electron chi connectivity index (χ2n) is 8.37. The van der Waals surface area contributed by atoms with Crippen molar-refractivity contribution >= 4 is 5.97 Å². The maximum Gasteiger partial charge on any atom is 0.335 e. The predicted octanol–water partition coefficient (Wildman–Crippen LogP) is -7.48. The van der Waals surface area contributed by atoms with E-state index in [1.54, 1.807) is 0 Å². The van der Waals surface area contributed by atoms with Crippen LogP contribution in [0.15, 0.2) is 0 Å². The first-order valence-corrected chi connectivity index (χ1v) is 10.6. The van der Waals surface area contributed by atoms with Crippen LogP contribution in [0.2, 0.25) is 0 Å². The lowest BCUT2D eigenvalue weighted by Gasteiger charge is -2.47. The molecule has 3 aliphatic rings. The van der Waals surface area contributed by atoms with Crippen LogP contribution in [0.3, 0.4) is 0 Å². The van der Waals surface area contributed by atoms with Crippen LogP contribution in [0.1, 0.15) is 0 Å². The molecule has 3 heterocycles. The first kappa shape index (κ1) is 28.4. The number of aliphatic hydroxyl groups is 10. The molecule has 0 bridgehead atoms. The highest BCUT2D eigenvalue weighted by Crippen LogP contribution is 2.33. The smallest absolute Gasteiger partial charge is 0.335 e. The molecular weight excluding hydrogens is 488 g/mol. The molecule has 0 aromatic rings. The fourth-order valence-corrected chi connectivity index (χ4v) is 4.01. The van der Waals surface area contributed by atoms with E-state index in [0.29, 0.717) is 0 Å². The zero-order valence-electron chi connectivity index (χ0n) is 17.9. The molecule has 3 fully saturated rings. The van der Waals surface area contributed by atoms with E-state index < -0.39 is 111 Å². The third-order valence-electron chi connectivity index (χ3n) is 6.06. The molecule has 0 unspecified atom stereocenters. The summed E-state index contributed by atoms with van der Waals surface area (Å²) in [6.45, 7) is -1.66. The second kappa shape index (κ2) is 11.5. The summed E-state index contributed by atoms with van der Waals surface area (Å²) in [6, 6.07) is 0. The summed E-state index contributed by atoms with van der Waals surface area (Å²) in [7, 11) is 0. The Hall–Kier alpha value is -1.13. The van der Waals surface area contributed by atoms with Crippen molar-refractivity contribution in [2.45, 2.75) is 92.1 Å². The molecule has 0 amide bonds. The van der Waals surface area contributed by atoms with Crippen LogP contribution in [0, 0.1) is 0 Å². The molecular formula is C18H30O17. The van der Waals surface area contributed by atoms with Gasteiger partial charge in [0.25, 0.3) is 0 Å². The summed E-state index contributed by atoms with van der Waals surface area (Å²) in [4.78, 5) is 11.8. The summed E-state index contributed by atoms with van der Waals surface area (Å²) in [5.74, 6) is -1.74. The van der Waals surface area contributed by atoms with Crippen LogP contribution in [0.5, 0.6) is 0 Å². The lowest BCUT2D eigenvalue weighted by atomic mass is 9.95. The lowest BCUT2D eigenvalue weighted by molar-refractivity contribution is -0.379. The quantitative estimate of drug-likeness (QED) is 0.149. The summed E-state index contributed by atoms with van der Waals surface area (Å²) in [5.41, 5.74) is 0. The number of aliphatic carboxylic acids is 1. The van der Waals surface area contributed by atoms with Gasteiger partial charge in [0.15, 0.2) is 25.0 Å². The zero-order chi connectivity index (χ0) is 26.2. The summed E-state index contributed by atoms with van der Waals surface area (Å²) in [5, 5.41) is 109. The molecule has 17 heteroatoms. The number of ether oxygens (including phenoxy) is 5. The van der Waals surface area contributed by atoms with Crippen LogP contribution in [-0.2, 0) is 28.5 Å². The average Bonchev–Trinajstić information content (AvgIpc) is 2.83. The van der Waals surface area contributed by atoms with Crippen molar-refractivity contribution < 1.29 is 84.7 Å². The van der Waals surface area contributed by atoms with Gasteiger partial charge in [0.2, 0.25) is 0 Å². The van der Waals surface area contributed by atoms with Gasteiger partial charge in [0.05, 0.1) is 13.2 Å². The van der Waals surface area contributed by atoms with Crippen LogP contribution in [0.4, 0.5) is 0 Å². The van der Waals surface area contributed by atoms with Crippen molar-refractivity contribution in [1.29, 1.82) is 0 Å². The van der Waals surface area contributed by atoms with Gasteiger partial charge < -0.3 is 79.9 Å². The number of rotatable bonds is 7. The van der Waals surface area contributed by atoms with Gasteiger partial charge in [0.1, 0.15) is 67.1 Å². The first-order chi connectivity index (χ1) is 16.4. The Morgan fingerprint density at radius 2 is 1.03 bits per heavy atom. The number of carboxylic acids is 1. The van der Waals surface area contributed by atoms with Crippen LogP contribution in [0.25, 0.3) is 0 Å². The predicted molar refractivity (Wildman–Crippen MR) is 102 cm³/mol. The standard InChI is InChI=1S/C18H30O17/c19-1-3-5(21)7(23)9(25)17(31-3)34-12-11(27)16(30)33-14(15(28)29)13(12)35-18-10(26)8(24)6(22)4(2-20)32-18/h3-14,16-27,30H,1-2H2,(H,28,29)/t3-,4-,5+,6-,7+,8+,9-,10-,11-,12-,13+,14+,16-,17+,18+/m1/s1. The average molecular weight is 518 g/mol. The Bertz CT molecular complexity index is 707. The molecule has 15 atom stereocenters. The van der Waals surface area contributed by atoms with Gasteiger partial charge in [-0.2, -0.15) is 0 Å². The van der Waals surface area contributed by atoms with Crippen LogP contribution in [-0.4, -0.2) is 167 Å². The molecule has 3 aliphatic heterocycles. The van der Waals surface area contributed by atoms with Gasteiger partial charge in [0, 0.05) is 0 Å². The number of carbonyl (C=O) groups is 1. The first-order valence-electron chi connectivity index (χ1n) is 10.6. The second-order valence-corrected chi connectivity index (χ2v) is 8.37. The molecule has 0 saturated carbocycles. The van der Waals surface area contributed by atoms with E-state index in [1.165, 1.54) is 0 Å². The Morgan fingerprint density at radius 1 is 0.600 bits per heavy atom. The fourth-order valence-electron chi connectivity index (χ4n) is 4.01. The van der Waals surface area contributed by atoms with E-state index in [2.05, 4.69) is 0 Å². The normalized spacial score (nSPS) is 51.2. The number of carboxylic acid groups (broad SMARTS) is 1. The molecule has 3 rings (SSSR count).